The molecule has 0 radical (unpaired) electrons. The second-order valence-corrected chi connectivity index (χ2v) is 3.70. The third-order valence-corrected chi connectivity index (χ3v) is 2.54. The molecule has 1 atom stereocenters. The lowest BCUT2D eigenvalue weighted by Crippen LogP contribution is -2.07. The maximum absolute atomic E-state index is 5.57. The van der Waals surface area contributed by atoms with E-state index in [0.717, 1.165) is 12.4 Å². The molecule has 0 fully saturated rings. The third kappa shape index (κ3) is 1.09. The van der Waals surface area contributed by atoms with Crippen LogP contribution < -0.4 is 4.74 Å². The van der Waals surface area contributed by atoms with Gasteiger partial charge in [-0.3, -0.25) is 0 Å². The van der Waals surface area contributed by atoms with Gasteiger partial charge in [0.2, 0.25) is 0 Å². The molecule has 12 heavy (non-hydrogen) atoms. The van der Waals surface area contributed by atoms with Crippen molar-refractivity contribution in [3.63, 3.8) is 0 Å². The quantitative estimate of drug-likeness (QED) is 0.617. The van der Waals surface area contributed by atoms with Crippen LogP contribution in [0.25, 0.3) is 0 Å². The normalized spacial score (nSPS) is 20.8. The predicted molar refractivity (Wildman–Crippen MR) is 49.5 cm³/mol. The maximum atomic E-state index is 5.57. The van der Waals surface area contributed by atoms with Gasteiger partial charge in [-0.1, -0.05) is 32.0 Å². The molecule has 1 aromatic carbocycles. The zero-order valence-corrected chi connectivity index (χ0v) is 7.58. The van der Waals surface area contributed by atoms with Crippen molar-refractivity contribution in [2.45, 2.75) is 19.8 Å². The molecule has 0 aromatic heterocycles. The fourth-order valence-electron chi connectivity index (χ4n) is 1.74. The molecule has 1 aromatic rings. The Morgan fingerprint density at radius 1 is 1.33 bits per heavy atom. The predicted octanol–water partition coefficient (Wildman–Crippen LogP) is 2.82. The van der Waals surface area contributed by atoms with Crippen LogP contribution in [-0.2, 0) is 0 Å². The van der Waals surface area contributed by atoms with E-state index < -0.39 is 0 Å². The fraction of sp³-hybridized carbons (Fsp3) is 0.455. The first-order valence-electron chi connectivity index (χ1n) is 4.51. The summed E-state index contributed by atoms with van der Waals surface area (Å²) in [5.74, 6) is 2.35. The zero-order valence-electron chi connectivity index (χ0n) is 7.58. The molecule has 2 rings (SSSR count). The molecule has 0 spiro atoms. The maximum Gasteiger partial charge on any atom is 0.122 e. The van der Waals surface area contributed by atoms with Crippen molar-refractivity contribution in [2.24, 2.45) is 5.92 Å². The van der Waals surface area contributed by atoms with Crippen LogP contribution in [0.3, 0.4) is 0 Å². The van der Waals surface area contributed by atoms with E-state index in [-0.39, 0.29) is 0 Å². The summed E-state index contributed by atoms with van der Waals surface area (Å²) in [5.41, 5.74) is 1.38. The zero-order chi connectivity index (χ0) is 8.55. The van der Waals surface area contributed by atoms with Gasteiger partial charge in [-0.15, -0.1) is 0 Å². The first-order chi connectivity index (χ1) is 5.79. The van der Waals surface area contributed by atoms with Gasteiger partial charge in [0.1, 0.15) is 5.75 Å². The molecule has 0 bridgehead atoms. The number of fused-ring (bicyclic) bond motifs is 1. The minimum absolute atomic E-state index is 0.598. The lowest BCUT2D eigenvalue weighted by atomic mass is 9.90. The second kappa shape index (κ2) is 2.81. The van der Waals surface area contributed by atoms with Crippen LogP contribution in [0.2, 0.25) is 0 Å². The number of rotatable bonds is 1. The van der Waals surface area contributed by atoms with Crippen molar-refractivity contribution in [1.82, 2.24) is 0 Å². The van der Waals surface area contributed by atoms with E-state index in [0.29, 0.717) is 11.8 Å². The molecular formula is C11H14O. The molecule has 64 valence electrons. The van der Waals surface area contributed by atoms with Gasteiger partial charge in [0.05, 0.1) is 6.61 Å². The van der Waals surface area contributed by atoms with E-state index in [4.69, 9.17) is 4.74 Å². The van der Waals surface area contributed by atoms with E-state index in [1.54, 1.807) is 0 Å². The van der Waals surface area contributed by atoms with Gasteiger partial charge in [-0.2, -0.15) is 0 Å². The summed E-state index contributed by atoms with van der Waals surface area (Å²) in [5, 5.41) is 0. The number of benzene rings is 1. The van der Waals surface area contributed by atoms with Crippen LogP contribution in [0.4, 0.5) is 0 Å². The van der Waals surface area contributed by atoms with Gasteiger partial charge in [-0.25, -0.2) is 0 Å². The summed E-state index contributed by atoms with van der Waals surface area (Å²) >= 11 is 0. The Labute approximate surface area is 73.4 Å². The highest BCUT2D eigenvalue weighted by Gasteiger charge is 2.25. The molecule has 1 nitrogen and oxygen atoms in total. The standard InChI is InChI=1S/C11H14O/c1-8(2)10-7-12-11-6-4-3-5-9(10)11/h3-6,8,10H,7H2,1-2H3/t10-/m1/s1. The van der Waals surface area contributed by atoms with Crippen molar-refractivity contribution >= 4 is 0 Å². The van der Waals surface area contributed by atoms with E-state index in [9.17, 15) is 0 Å². The summed E-state index contributed by atoms with van der Waals surface area (Å²) in [6.45, 7) is 5.35. The molecule has 1 heteroatoms. The van der Waals surface area contributed by atoms with Gasteiger partial charge in [0.25, 0.3) is 0 Å². The van der Waals surface area contributed by atoms with Crippen molar-refractivity contribution in [3.05, 3.63) is 29.8 Å². The van der Waals surface area contributed by atoms with Crippen LogP contribution in [0.15, 0.2) is 24.3 Å². The molecule has 0 saturated heterocycles. The molecule has 1 heterocycles. The molecule has 0 N–H and O–H groups in total. The average molecular weight is 162 g/mol. The highest BCUT2D eigenvalue weighted by atomic mass is 16.5. The Morgan fingerprint density at radius 3 is 2.83 bits per heavy atom. The molecule has 1 aliphatic heterocycles. The molecule has 0 aliphatic carbocycles. The van der Waals surface area contributed by atoms with Crippen LogP contribution in [-0.4, -0.2) is 6.61 Å². The Balaban J connectivity index is 2.36. The fourth-order valence-corrected chi connectivity index (χ4v) is 1.74. The first-order valence-corrected chi connectivity index (χ1v) is 4.51. The van der Waals surface area contributed by atoms with Crippen LogP contribution >= 0.6 is 0 Å². The summed E-state index contributed by atoms with van der Waals surface area (Å²) in [4.78, 5) is 0. The van der Waals surface area contributed by atoms with Gasteiger partial charge in [0.15, 0.2) is 0 Å². The monoisotopic (exact) mass is 162 g/mol. The minimum atomic E-state index is 0.598. The van der Waals surface area contributed by atoms with Gasteiger partial charge in [-0.05, 0) is 12.0 Å². The van der Waals surface area contributed by atoms with E-state index in [1.807, 2.05) is 6.07 Å². The van der Waals surface area contributed by atoms with Gasteiger partial charge in [0, 0.05) is 11.5 Å². The first kappa shape index (κ1) is 7.66. The van der Waals surface area contributed by atoms with Crippen molar-refractivity contribution in [1.29, 1.82) is 0 Å². The third-order valence-electron chi connectivity index (χ3n) is 2.54. The Kier molecular flexibility index (Phi) is 1.80. The minimum Gasteiger partial charge on any atom is -0.493 e. The van der Waals surface area contributed by atoms with E-state index in [2.05, 4.69) is 32.0 Å². The molecule has 0 amide bonds. The van der Waals surface area contributed by atoms with Gasteiger partial charge < -0.3 is 4.74 Å². The van der Waals surface area contributed by atoms with E-state index >= 15 is 0 Å². The SMILES string of the molecule is CC(C)[C@H]1COc2ccccc21. The van der Waals surface area contributed by atoms with E-state index in [1.165, 1.54) is 5.56 Å². The van der Waals surface area contributed by atoms with Crippen LogP contribution in [0, 0.1) is 5.92 Å². The van der Waals surface area contributed by atoms with Gasteiger partial charge >= 0.3 is 0 Å². The van der Waals surface area contributed by atoms with Crippen molar-refractivity contribution in [2.75, 3.05) is 6.61 Å². The Hall–Kier alpha value is -0.980. The summed E-state index contributed by atoms with van der Waals surface area (Å²) < 4.78 is 5.57. The lowest BCUT2D eigenvalue weighted by Gasteiger charge is -2.11. The summed E-state index contributed by atoms with van der Waals surface area (Å²) in [7, 11) is 0. The average Bonchev–Trinajstić information content (AvgIpc) is 2.47. The number of ether oxygens (including phenoxy) is 1. The van der Waals surface area contributed by atoms with Crippen molar-refractivity contribution in [3.8, 4) is 5.75 Å². The molecule has 0 unspecified atom stereocenters. The summed E-state index contributed by atoms with van der Waals surface area (Å²) in [6, 6.07) is 8.34. The smallest absolute Gasteiger partial charge is 0.122 e. The molecule has 0 saturated carbocycles. The second-order valence-electron chi connectivity index (χ2n) is 3.70. The number of hydrogen-bond donors (Lipinski definition) is 0. The Morgan fingerprint density at radius 2 is 2.08 bits per heavy atom. The van der Waals surface area contributed by atoms with Crippen molar-refractivity contribution < 1.29 is 4.74 Å². The Bertz CT molecular complexity index is 278. The molecular weight excluding hydrogens is 148 g/mol. The highest BCUT2D eigenvalue weighted by Crippen LogP contribution is 2.37. The number of hydrogen-bond acceptors (Lipinski definition) is 1. The molecule has 1 aliphatic rings. The summed E-state index contributed by atoms with van der Waals surface area (Å²) in [6.07, 6.45) is 0. The van der Waals surface area contributed by atoms with Crippen LogP contribution in [0.5, 0.6) is 5.75 Å². The highest BCUT2D eigenvalue weighted by molar-refractivity contribution is 5.39. The largest absolute Gasteiger partial charge is 0.493 e. The number of para-hydroxylation sites is 1. The van der Waals surface area contributed by atoms with Crippen LogP contribution in [0.1, 0.15) is 25.3 Å². The topological polar surface area (TPSA) is 9.23 Å². The lowest BCUT2D eigenvalue weighted by molar-refractivity contribution is 0.304.